The van der Waals surface area contributed by atoms with E-state index in [-0.39, 0.29) is 11.4 Å². The van der Waals surface area contributed by atoms with Crippen LogP contribution in [0.15, 0.2) is 29.3 Å². The van der Waals surface area contributed by atoms with Gasteiger partial charge in [0.25, 0.3) is 0 Å². The van der Waals surface area contributed by atoms with Crippen molar-refractivity contribution in [1.82, 2.24) is 4.90 Å². The molecule has 0 saturated carbocycles. The fraction of sp³-hybridized carbons (Fsp3) is 0.562. The number of rotatable bonds is 1. The highest BCUT2D eigenvalue weighted by atomic mass is 19.1. The molecule has 2 atom stereocenters. The van der Waals surface area contributed by atoms with Crippen LogP contribution in [0.25, 0.3) is 0 Å². The van der Waals surface area contributed by atoms with Gasteiger partial charge in [-0.15, -0.1) is 0 Å². The average Bonchev–Trinajstić information content (AvgIpc) is 3.04. The number of nitrogens with zero attached hydrogens (tertiary/aromatic N) is 3. The summed E-state index contributed by atoms with van der Waals surface area (Å²) in [6, 6.07) is 7.15. The number of piperidine rings is 1. The van der Waals surface area contributed by atoms with E-state index in [0.717, 1.165) is 25.2 Å². The topological polar surface area (TPSA) is 44.9 Å². The molecule has 1 aromatic rings. The largest absolute Gasteiger partial charge is 0.369 e. The van der Waals surface area contributed by atoms with Gasteiger partial charge >= 0.3 is 0 Å². The van der Waals surface area contributed by atoms with Crippen molar-refractivity contribution >= 4 is 11.6 Å². The second-order valence-electron chi connectivity index (χ2n) is 6.39. The zero-order valence-corrected chi connectivity index (χ0v) is 12.1. The summed E-state index contributed by atoms with van der Waals surface area (Å²) in [5, 5.41) is 0. The van der Waals surface area contributed by atoms with Crippen molar-refractivity contribution in [2.75, 3.05) is 24.5 Å². The van der Waals surface area contributed by atoms with Crippen LogP contribution >= 0.6 is 0 Å². The average molecular weight is 288 g/mol. The van der Waals surface area contributed by atoms with Crippen molar-refractivity contribution in [1.29, 1.82) is 0 Å². The van der Waals surface area contributed by atoms with Gasteiger partial charge in [0, 0.05) is 18.3 Å². The predicted octanol–water partition coefficient (Wildman–Crippen LogP) is 1.96. The zero-order valence-electron chi connectivity index (χ0n) is 12.1. The highest BCUT2D eigenvalue weighted by Gasteiger charge is 2.55. The molecule has 1 aromatic carbocycles. The van der Waals surface area contributed by atoms with Crippen LogP contribution in [0, 0.1) is 5.82 Å². The Balaban J connectivity index is 1.73. The molecule has 3 heterocycles. The maximum Gasteiger partial charge on any atom is 0.196 e. The molecule has 0 radical (unpaired) electrons. The van der Waals surface area contributed by atoms with E-state index in [1.165, 1.54) is 37.9 Å². The summed E-state index contributed by atoms with van der Waals surface area (Å²) < 4.78 is 13.2. The van der Waals surface area contributed by atoms with E-state index in [9.17, 15) is 4.39 Å². The van der Waals surface area contributed by atoms with Crippen molar-refractivity contribution in [2.24, 2.45) is 10.7 Å². The Hall–Kier alpha value is -1.62. The lowest BCUT2D eigenvalue weighted by molar-refractivity contribution is 0.163. The highest BCUT2D eigenvalue weighted by Crippen LogP contribution is 2.43. The normalized spacial score (nSPS) is 32.5. The second kappa shape index (κ2) is 4.70. The molecule has 0 aliphatic carbocycles. The first kappa shape index (κ1) is 13.1. The molecule has 4 nitrogen and oxygen atoms in total. The monoisotopic (exact) mass is 288 g/mol. The first-order valence-electron chi connectivity index (χ1n) is 7.80. The number of fused-ring (bicyclic) bond motifs is 2. The molecule has 1 spiro atoms. The molecule has 112 valence electrons. The Morgan fingerprint density at radius 1 is 1.19 bits per heavy atom. The number of anilines is 1. The molecular weight excluding hydrogens is 267 g/mol. The molecule has 21 heavy (non-hydrogen) atoms. The summed E-state index contributed by atoms with van der Waals surface area (Å²) in [4.78, 5) is 9.30. The summed E-state index contributed by atoms with van der Waals surface area (Å²) in [6.07, 6.45) is 4.86. The molecular formula is C16H21FN4. The SMILES string of the molecule is NC1=NCC2(CCN3CCCCC32)N1c1ccc(F)cc1. The van der Waals surface area contributed by atoms with E-state index in [4.69, 9.17) is 5.73 Å². The number of guanidine groups is 1. The number of hydrogen-bond donors (Lipinski definition) is 1. The Morgan fingerprint density at radius 3 is 2.81 bits per heavy atom. The van der Waals surface area contributed by atoms with Crippen molar-refractivity contribution in [3.8, 4) is 0 Å². The number of hydrogen-bond acceptors (Lipinski definition) is 4. The third-order valence-electron chi connectivity index (χ3n) is 5.34. The van der Waals surface area contributed by atoms with Crippen molar-refractivity contribution < 1.29 is 4.39 Å². The van der Waals surface area contributed by atoms with Crippen LogP contribution in [0.5, 0.6) is 0 Å². The summed E-state index contributed by atoms with van der Waals surface area (Å²) in [6.45, 7) is 3.06. The Labute approximate surface area is 124 Å². The minimum absolute atomic E-state index is 0.0255. The van der Waals surface area contributed by atoms with Gasteiger partial charge in [0.1, 0.15) is 5.82 Å². The fourth-order valence-electron chi connectivity index (χ4n) is 4.38. The van der Waals surface area contributed by atoms with E-state index in [1.807, 2.05) is 12.1 Å². The Kier molecular flexibility index (Phi) is 2.92. The van der Waals surface area contributed by atoms with Crippen LogP contribution in [0.2, 0.25) is 0 Å². The molecule has 2 N–H and O–H groups in total. The molecule has 3 aliphatic heterocycles. The van der Waals surface area contributed by atoms with Crippen molar-refractivity contribution in [2.45, 2.75) is 37.3 Å². The number of nitrogens with two attached hydrogens (primary N) is 1. The van der Waals surface area contributed by atoms with Crippen LogP contribution in [0.1, 0.15) is 25.7 Å². The molecule has 2 fully saturated rings. The minimum Gasteiger partial charge on any atom is -0.369 e. The van der Waals surface area contributed by atoms with E-state index in [0.29, 0.717) is 12.0 Å². The van der Waals surface area contributed by atoms with Crippen molar-refractivity contribution in [3.63, 3.8) is 0 Å². The lowest BCUT2D eigenvalue weighted by Crippen LogP contribution is -2.59. The lowest BCUT2D eigenvalue weighted by atomic mass is 9.84. The molecule has 4 rings (SSSR count). The molecule has 3 aliphatic rings. The van der Waals surface area contributed by atoms with E-state index in [1.54, 1.807) is 0 Å². The van der Waals surface area contributed by atoms with Gasteiger partial charge in [-0.05, 0) is 50.1 Å². The summed E-state index contributed by atoms with van der Waals surface area (Å²) in [5.74, 6) is 0.363. The first-order chi connectivity index (χ1) is 10.2. The molecule has 0 bridgehead atoms. The minimum atomic E-state index is -0.215. The van der Waals surface area contributed by atoms with Crippen LogP contribution in [-0.2, 0) is 0 Å². The second-order valence-corrected chi connectivity index (χ2v) is 6.39. The van der Waals surface area contributed by atoms with Crippen LogP contribution < -0.4 is 10.6 Å². The number of aliphatic imine (C=N–C) groups is 1. The van der Waals surface area contributed by atoms with E-state index < -0.39 is 0 Å². The van der Waals surface area contributed by atoms with Gasteiger partial charge in [-0.25, -0.2) is 4.39 Å². The Morgan fingerprint density at radius 2 is 2.00 bits per heavy atom. The third-order valence-corrected chi connectivity index (χ3v) is 5.34. The first-order valence-corrected chi connectivity index (χ1v) is 7.80. The van der Waals surface area contributed by atoms with Gasteiger partial charge in [0.15, 0.2) is 5.96 Å². The van der Waals surface area contributed by atoms with Gasteiger partial charge in [-0.3, -0.25) is 9.89 Å². The summed E-state index contributed by atoms with van der Waals surface area (Å²) in [5.41, 5.74) is 7.12. The van der Waals surface area contributed by atoms with Gasteiger partial charge in [0.2, 0.25) is 0 Å². The van der Waals surface area contributed by atoms with Gasteiger partial charge < -0.3 is 10.6 Å². The third kappa shape index (κ3) is 1.87. The highest BCUT2D eigenvalue weighted by molar-refractivity contribution is 5.98. The van der Waals surface area contributed by atoms with Crippen LogP contribution in [-0.4, -0.2) is 42.1 Å². The van der Waals surface area contributed by atoms with Crippen LogP contribution in [0.4, 0.5) is 10.1 Å². The zero-order chi connectivity index (χ0) is 14.4. The van der Waals surface area contributed by atoms with E-state index in [2.05, 4.69) is 14.8 Å². The summed E-state index contributed by atoms with van der Waals surface area (Å²) >= 11 is 0. The van der Waals surface area contributed by atoms with Crippen molar-refractivity contribution in [3.05, 3.63) is 30.1 Å². The molecule has 0 aromatic heterocycles. The molecule has 5 heteroatoms. The molecule has 2 unspecified atom stereocenters. The van der Waals surface area contributed by atoms with Gasteiger partial charge in [-0.1, -0.05) is 6.42 Å². The molecule has 0 amide bonds. The molecule has 2 saturated heterocycles. The quantitative estimate of drug-likeness (QED) is 0.859. The number of halogens is 1. The standard InChI is InChI=1S/C16H21FN4/c17-12-4-6-13(7-5-12)21-15(18)19-11-16(21)8-10-20-9-2-1-3-14(16)20/h4-7,14H,1-3,8-11H2,(H2,18,19). The maximum absolute atomic E-state index is 13.2. The maximum atomic E-state index is 13.2. The lowest BCUT2D eigenvalue weighted by Gasteiger charge is -2.44. The fourth-order valence-corrected chi connectivity index (χ4v) is 4.38. The van der Waals surface area contributed by atoms with Gasteiger partial charge in [-0.2, -0.15) is 0 Å². The number of benzene rings is 1. The smallest absolute Gasteiger partial charge is 0.196 e. The van der Waals surface area contributed by atoms with Crippen LogP contribution in [0.3, 0.4) is 0 Å². The van der Waals surface area contributed by atoms with Gasteiger partial charge in [0.05, 0.1) is 12.1 Å². The Bertz CT molecular complexity index is 570. The van der Waals surface area contributed by atoms with E-state index >= 15 is 0 Å². The summed E-state index contributed by atoms with van der Waals surface area (Å²) in [7, 11) is 0. The predicted molar refractivity (Wildman–Crippen MR) is 81.9 cm³/mol.